The summed E-state index contributed by atoms with van der Waals surface area (Å²) in [5.74, 6) is -1.03. The molecule has 192 valence electrons. The zero-order valence-electron chi connectivity index (χ0n) is 20.4. The lowest BCUT2D eigenvalue weighted by molar-refractivity contribution is -0.140. The smallest absolute Gasteiger partial charge is 0.326 e. The number of anilines is 2. The summed E-state index contributed by atoms with van der Waals surface area (Å²) >= 11 is 7.06. The first-order valence-corrected chi connectivity index (χ1v) is 13.0. The van der Waals surface area contributed by atoms with Gasteiger partial charge in [0.25, 0.3) is 0 Å². The van der Waals surface area contributed by atoms with Crippen molar-refractivity contribution in [2.45, 2.75) is 19.9 Å². The number of thiazole rings is 1. The van der Waals surface area contributed by atoms with Crippen molar-refractivity contribution in [3.8, 4) is 22.6 Å². The summed E-state index contributed by atoms with van der Waals surface area (Å²) in [7, 11) is 0. The van der Waals surface area contributed by atoms with E-state index in [1.165, 1.54) is 23.5 Å². The predicted molar refractivity (Wildman–Crippen MR) is 151 cm³/mol. The fourth-order valence-corrected chi connectivity index (χ4v) is 5.23. The van der Waals surface area contributed by atoms with Crippen LogP contribution in [-0.4, -0.2) is 32.2 Å². The molecule has 5 aromatic rings. The van der Waals surface area contributed by atoms with Gasteiger partial charge in [0, 0.05) is 16.8 Å². The zero-order valence-corrected chi connectivity index (χ0v) is 22.1. The van der Waals surface area contributed by atoms with Gasteiger partial charge in [-0.1, -0.05) is 85.0 Å². The number of rotatable bonds is 8. The molecule has 3 aromatic carbocycles. The molecule has 2 heterocycles. The minimum atomic E-state index is -0.991. The van der Waals surface area contributed by atoms with Gasteiger partial charge in [0.2, 0.25) is 0 Å². The second kappa shape index (κ2) is 10.7. The van der Waals surface area contributed by atoms with E-state index < -0.39 is 12.0 Å². The van der Waals surface area contributed by atoms with Crippen LogP contribution in [0.3, 0.4) is 0 Å². The third-order valence-electron chi connectivity index (χ3n) is 5.93. The Balaban J connectivity index is 1.47. The number of aromatic nitrogens is 2. The van der Waals surface area contributed by atoms with Crippen molar-refractivity contribution in [1.29, 1.82) is 0 Å². The van der Waals surface area contributed by atoms with Crippen molar-refractivity contribution in [3.63, 3.8) is 0 Å². The molecule has 38 heavy (non-hydrogen) atoms. The maximum atomic E-state index is 13.5. The number of carboxylic acids is 1. The van der Waals surface area contributed by atoms with Gasteiger partial charge in [-0.25, -0.2) is 14.2 Å². The molecule has 7 nitrogen and oxygen atoms in total. The van der Waals surface area contributed by atoms with Crippen LogP contribution in [0.15, 0.2) is 77.3 Å². The predicted octanol–water partition coefficient (Wildman–Crippen LogP) is 6.88. The molecule has 0 radical (unpaired) electrons. The number of carbonyl (C=O) groups is 1. The third-order valence-corrected chi connectivity index (χ3v) is 7.19. The quantitative estimate of drug-likeness (QED) is 0.181. The summed E-state index contributed by atoms with van der Waals surface area (Å²) in [4.78, 5) is 16.6. The van der Waals surface area contributed by atoms with E-state index in [1.807, 2.05) is 68.4 Å². The van der Waals surface area contributed by atoms with Crippen LogP contribution in [0.1, 0.15) is 19.4 Å². The van der Waals surface area contributed by atoms with E-state index in [1.54, 1.807) is 6.07 Å². The molecule has 2 aromatic heterocycles. The standard InChI is InChI=1S/C28H23FN4O3S2/c1-15(2)23(27(34)35)32-26(37)22-24(33-36-25(22)17-6-4-3-5-7-17)16-8-11-19(12-9-16)30-28-31-20-13-10-18(29)14-21(20)38-28/h3-15,23H,1-2H3,(H,30,31)(H,32,37)(H,34,35)/t23-/m0/s1. The van der Waals surface area contributed by atoms with E-state index >= 15 is 0 Å². The van der Waals surface area contributed by atoms with E-state index in [0.29, 0.717) is 22.1 Å². The number of fused-ring (bicyclic) bond motifs is 1. The number of aliphatic carboxylic acids is 1. The molecule has 0 aliphatic rings. The first kappa shape index (κ1) is 25.5. The number of halogens is 1. The lowest BCUT2D eigenvalue weighted by atomic mass is 10.00. The summed E-state index contributed by atoms with van der Waals surface area (Å²) in [5.41, 5.74) is 4.03. The van der Waals surface area contributed by atoms with Crippen LogP contribution in [0, 0.1) is 11.7 Å². The number of thiocarbonyl (C=S) groups is 1. The van der Waals surface area contributed by atoms with Crippen molar-refractivity contribution < 1.29 is 18.8 Å². The third kappa shape index (κ3) is 5.27. The summed E-state index contributed by atoms with van der Waals surface area (Å²) in [6, 6.07) is 20.5. The first-order chi connectivity index (χ1) is 18.3. The van der Waals surface area contributed by atoms with Crippen LogP contribution in [0.2, 0.25) is 0 Å². The highest BCUT2D eigenvalue weighted by molar-refractivity contribution is 7.80. The lowest BCUT2D eigenvalue weighted by Gasteiger charge is -2.20. The molecule has 3 N–H and O–H groups in total. The molecule has 0 fully saturated rings. The van der Waals surface area contributed by atoms with Gasteiger partial charge in [-0.3, -0.25) is 0 Å². The molecular formula is C28H23FN4O3S2. The highest BCUT2D eigenvalue weighted by Crippen LogP contribution is 2.34. The molecule has 10 heteroatoms. The van der Waals surface area contributed by atoms with Crippen LogP contribution in [0.4, 0.5) is 15.2 Å². The maximum absolute atomic E-state index is 13.5. The van der Waals surface area contributed by atoms with Gasteiger partial charge in [-0.15, -0.1) is 0 Å². The van der Waals surface area contributed by atoms with E-state index in [-0.39, 0.29) is 16.7 Å². The van der Waals surface area contributed by atoms with Crippen molar-refractivity contribution >= 4 is 55.5 Å². The molecule has 0 spiro atoms. The van der Waals surface area contributed by atoms with Crippen molar-refractivity contribution in [3.05, 3.63) is 84.2 Å². The molecule has 0 bridgehead atoms. The Kier molecular flexibility index (Phi) is 7.17. The largest absolute Gasteiger partial charge is 0.480 e. The Bertz CT molecular complexity index is 1610. The second-order valence-corrected chi connectivity index (χ2v) is 10.4. The van der Waals surface area contributed by atoms with E-state index in [4.69, 9.17) is 16.7 Å². The van der Waals surface area contributed by atoms with Crippen LogP contribution < -0.4 is 10.6 Å². The number of hydrogen-bond donors (Lipinski definition) is 3. The van der Waals surface area contributed by atoms with Crippen LogP contribution in [0.25, 0.3) is 32.8 Å². The van der Waals surface area contributed by atoms with Crippen molar-refractivity contribution in [1.82, 2.24) is 15.5 Å². The summed E-state index contributed by atoms with van der Waals surface area (Å²) in [6.07, 6.45) is 0. The van der Waals surface area contributed by atoms with Crippen LogP contribution >= 0.6 is 23.6 Å². The fraction of sp³-hybridized carbons (Fsp3) is 0.143. The molecule has 0 aliphatic carbocycles. The summed E-state index contributed by atoms with van der Waals surface area (Å²) < 4.78 is 20.0. The van der Waals surface area contributed by atoms with Gasteiger partial charge in [-0.2, -0.15) is 0 Å². The van der Waals surface area contributed by atoms with Crippen LogP contribution in [0.5, 0.6) is 0 Å². The normalized spacial score (nSPS) is 12.0. The SMILES string of the molecule is CC(C)[C@H](NC(=S)c1c(-c2ccc(Nc3nc4ccc(F)cc4s3)cc2)noc1-c1ccccc1)C(=O)O. The van der Waals surface area contributed by atoms with E-state index in [9.17, 15) is 14.3 Å². The first-order valence-electron chi connectivity index (χ1n) is 11.8. The Morgan fingerprint density at radius 1 is 1.05 bits per heavy atom. The number of hydrogen-bond acceptors (Lipinski definition) is 7. The van der Waals surface area contributed by atoms with Crippen molar-refractivity contribution in [2.75, 3.05) is 5.32 Å². The molecule has 5 rings (SSSR count). The van der Waals surface area contributed by atoms with E-state index in [0.717, 1.165) is 27.0 Å². The minimum Gasteiger partial charge on any atom is -0.480 e. The van der Waals surface area contributed by atoms with Crippen molar-refractivity contribution in [2.24, 2.45) is 5.92 Å². The van der Waals surface area contributed by atoms with Gasteiger partial charge < -0.3 is 20.3 Å². The zero-order chi connectivity index (χ0) is 26.8. The number of benzene rings is 3. The lowest BCUT2D eigenvalue weighted by Crippen LogP contribution is -2.44. The molecule has 0 aliphatic heterocycles. The summed E-state index contributed by atoms with van der Waals surface area (Å²) in [5, 5.41) is 20.9. The summed E-state index contributed by atoms with van der Waals surface area (Å²) in [6.45, 7) is 3.63. The highest BCUT2D eigenvalue weighted by Gasteiger charge is 2.28. The van der Waals surface area contributed by atoms with E-state index in [2.05, 4.69) is 20.8 Å². The average molecular weight is 547 g/mol. The van der Waals surface area contributed by atoms with Gasteiger partial charge in [-0.05, 0) is 36.2 Å². The maximum Gasteiger partial charge on any atom is 0.326 e. The Morgan fingerprint density at radius 3 is 2.47 bits per heavy atom. The van der Waals surface area contributed by atoms with Crippen LogP contribution in [-0.2, 0) is 4.79 Å². The number of nitrogens with zero attached hydrogens (tertiary/aromatic N) is 2. The number of carboxylic acid groups (broad SMARTS) is 1. The molecular weight excluding hydrogens is 523 g/mol. The second-order valence-electron chi connectivity index (χ2n) is 8.97. The highest BCUT2D eigenvalue weighted by atomic mass is 32.1. The minimum absolute atomic E-state index is 0.196. The Labute approximate surface area is 227 Å². The molecule has 0 saturated heterocycles. The Morgan fingerprint density at radius 2 is 1.79 bits per heavy atom. The van der Waals surface area contributed by atoms with Gasteiger partial charge in [0.15, 0.2) is 10.9 Å². The molecule has 0 amide bonds. The van der Waals surface area contributed by atoms with Gasteiger partial charge in [0.1, 0.15) is 22.5 Å². The molecule has 1 atom stereocenters. The fourth-order valence-electron chi connectivity index (χ4n) is 4.00. The molecule has 0 saturated carbocycles. The average Bonchev–Trinajstić information content (AvgIpc) is 3.51. The van der Waals surface area contributed by atoms with Gasteiger partial charge >= 0.3 is 5.97 Å². The topological polar surface area (TPSA) is 100 Å². The Hall–Kier alpha value is -4.15. The monoisotopic (exact) mass is 546 g/mol. The molecule has 0 unspecified atom stereocenters. The number of nitrogens with one attached hydrogen (secondary N) is 2. The van der Waals surface area contributed by atoms with Gasteiger partial charge in [0.05, 0.1) is 15.8 Å².